The molecule has 1 heterocycles. The molecule has 6 heteroatoms. The Morgan fingerprint density at radius 1 is 1.50 bits per heavy atom. The molecule has 1 aliphatic heterocycles. The molecule has 2 rings (SSSR count). The molecule has 2 amide bonds. The quantitative estimate of drug-likeness (QED) is 0.840. The zero-order chi connectivity index (χ0) is 14.9. The molecule has 0 aromatic heterocycles. The van der Waals surface area contributed by atoms with Gasteiger partial charge in [-0.2, -0.15) is 0 Å². The molecule has 108 valence electrons. The molecule has 0 aliphatic carbocycles. The van der Waals surface area contributed by atoms with E-state index in [9.17, 15) is 9.59 Å². The molecular weight excluding hydrogens is 280 g/mol. The second kappa shape index (κ2) is 5.32. The van der Waals surface area contributed by atoms with Crippen LogP contribution in [0.4, 0.5) is 5.69 Å². The van der Waals surface area contributed by atoms with Gasteiger partial charge >= 0.3 is 0 Å². The predicted molar refractivity (Wildman–Crippen MR) is 77.0 cm³/mol. The van der Waals surface area contributed by atoms with Gasteiger partial charge in [-0.3, -0.25) is 9.59 Å². The summed E-state index contributed by atoms with van der Waals surface area (Å²) in [6.45, 7) is 5.89. The van der Waals surface area contributed by atoms with Crippen LogP contribution in [0, 0.1) is 5.92 Å². The fraction of sp³-hybridized carbons (Fsp3) is 0.429. The standard InChI is InChI=1S/C14H17ClN2O3/c1-8(2)7-16-12(18)14(3)13(19)17-10-6-9(15)4-5-11(10)20-14/h4-6,8H,7H2,1-3H3,(H,16,18)(H,17,19)/t14-/m1/s1. The minimum absolute atomic E-state index is 0.292. The maximum absolute atomic E-state index is 12.2. The average Bonchev–Trinajstić information content (AvgIpc) is 2.37. The second-order valence-corrected chi connectivity index (χ2v) is 5.77. The summed E-state index contributed by atoms with van der Waals surface area (Å²) in [5.41, 5.74) is -1.10. The van der Waals surface area contributed by atoms with Crippen LogP contribution < -0.4 is 15.4 Å². The van der Waals surface area contributed by atoms with Gasteiger partial charge in [0.25, 0.3) is 17.4 Å². The number of halogens is 1. The van der Waals surface area contributed by atoms with Crippen LogP contribution in [0.3, 0.4) is 0 Å². The van der Waals surface area contributed by atoms with E-state index in [4.69, 9.17) is 16.3 Å². The Hall–Kier alpha value is -1.75. The lowest BCUT2D eigenvalue weighted by Crippen LogP contribution is -2.59. The van der Waals surface area contributed by atoms with Gasteiger partial charge in [0.1, 0.15) is 5.75 Å². The molecule has 2 N–H and O–H groups in total. The van der Waals surface area contributed by atoms with E-state index < -0.39 is 17.4 Å². The highest BCUT2D eigenvalue weighted by Gasteiger charge is 2.47. The first-order chi connectivity index (χ1) is 9.33. The SMILES string of the molecule is CC(C)CNC(=O)[C@@]1(C)Oc2ccc(Cl)cc2NC1=O. The third-order valence-electron chi connectivity index (χ3n) is 3.04. The molecular formula is C14H17ClN2O3. The van der Waals surface area contributed by atoms with Crippen LogP contribution in [0.25, 0.3) is 0 Å². The van der Waals surface area contributed by atoms with Crippen LogP contribution in [-0.2, 0) is 9.59 Å². The lowest BCUT2D eigenvalue weighted by molar-refractivity contribution is -0.146. The number of ether oxygens (including phenoxy) is 1. The Labute approximate surface area is 122 Å². The summed E-state index contributed by atoms with van der Waals surface area (Å²) in [4.78, 5) is 24.3. The van der Waals surface area contributed by atoms with Gasteiger partial charge < -0.3 is 15.4 Å². The average molecular weight is 297 g/mol. The smallest absolute Gasteiger partial charge is 0.278 e. The molecule has 5 nitrogen and oxygen atoms in total. The zero-order valence-electron chi connectivity index (χ0n) is 11.6. The van der Waals surface area contributed by atoms with E-state index in [1.54, 1.807) is 18.2 Å². The number of anilines is 1. The highest BCUT2D eigenvalue weighted by molar-refractivity contribution is 6.31. The minimum Gasteiger partial charge on any atom is -0.466 e. The third-order valence-corrected chi connectivity index (χ3v) is 3.28. The minimum atomic E-state index is -1.57. The molecule has 0 unspecified atom stereocenters. The monoisotopic (exact) mass is 296 g/mol. The number of fused-ring (bicyclic) bond motifs is 1. The summed E-state index contributed by atoms with van der Waals surface area (Å²) in [7, 11) is 0. The van der Waals surface area contributed by atoms with Gasteiger partial charge in [0.05, 0.1) is 5.69 Å². The third kappa shape index (κ3) is 2.72. The van der Waals surface area contributed by atoms with Crippen molar-refractivity contribution in [2.24, 2.45) is 5.92 Å². The molecule has 0 bridgehead atoms. The molecule has 0 radical (unpaired) electrons. The molecule has 1 aromatic rings. The summed E-state index contributed by atoms with van der Waals surface area (Å²) in [5.74, 6) is -0.241. The summed E-state index contributed by atoms with van der Waals surface area (Å²) in [6.07, 6.45) is 0. The van der Waals surface area contributed by atoms with E-state index in [0.717, 1.165) is 0 Å². The van der Waals surface area contributed by atoms with Crippen LogP contribution >= 0.6 is 11.6 Å². The number of hydrogen-bond donors (Lipinski definition) is 2. The Morgan fingerprint density at radius 2 is 2.20 bits per heavy atom. The lowest BCUT2D eigenvalue weighted by atomic mass is 10.0. The molecule has 20 heavy (non-hydrogen) atoms. The molecule has 0 fully saturated rings. The van der Waals surface area contributed by atoms with E-state index in [0.29, 0.717) is 28.9 Å². The van der Waals surface area contributed by atoms with Gasteiger partial charge in [-0.25, -0.2) is 0 Å². The van der Waals surface area contributed by atoms with E-state index in [2.05, 4.69) is 10.6 Å². The molecule has 1 atom stereocenters. The Morgan fingerprint density at radius 3 is 2.85 bits per heavy atom. The van der Waals surface area contributed by atoms with Crippen molar-refractivity contribution < 1.29 is 14.3 Å². The van der Waals surface area contributed by atoms with E-state index in [-0.39, 0.29) is 0 Å². The lowest BCUT2D eigenvalue weighted by Gasteiger charge is -2.33. The summed E-state index contributed by atoms with van der Waals surface area (Å²) >= 11 is 5.86. The number of carbonyl (C=O) groups excluding carboxylic acids is 2. The van der Waals surface area contributed by atoms with Gasteiger partial charge in [-0.1, -0.05) is 25.4 Å². The summed E-state index contributed by atoms with van der Waals surface area (Å²) in [5, 5.41) is 5.85. The first-order valence-corrected chi connectivity index (χ1v) is 6.79. The van der Waals surface area contributed by atoms with Crippen molar-refractivity contribution in [3.8, 4) is 5.75 Å². The number of carbonyl (C=O) groups is 2. The maximum atomic E-state index is 12.2. The van der Waals surface area contributed by atoms with Gasteiger partial charge in [0, 0.05) is 11.6 Å². The normalized spacial score (nSPS) is 20.9. The van der Waals surface area contributed by atoms with E-state index in [1.807, 2.05) is 13.8 Å². The van der Waals surface area contributed by atoms with Crippen LogP contribution in [0.5, 0.6) is 5.75 Å². The Balaban J connectivity index is 2.23. The highest BCUT2D eigenvalue weighted by Crippen LogP contribution is 2.35. The predicted octanol–water partition coefficient (Wildman–Crippen LogP) is 2.20. The largest absolute Gasteiger partial charge is 0.466 e. The maximum Gasteiger partial charge on any atom is 0.278 e. The van der Waals surface area contributed by atoms with Crippen molar-refractivity contribution in [3.05, 3.63) is 23.2 Å². The topological polar surface area (TPSA) is 67.4 Å². The fourth-order valence-electron chi connectivity index (χ4n) is 1.81. The van der Waals surface area contributed by atoms with Crippen molar-refractivity contribution in [3.63, 3.8) is 0 Å². The number of benzene rings is 1. The van der Waals surface area contributed by atoms with Gasteiger partial charge in [0.2, 0.25) is 0 Å². The molecule has 1 aromatic carbocycles. The fourth-order valence-corrected chi connectivity index (χ4v) is 1.98. The first-order valence-electron chi connectivity index (χ1n) is 6.41. The molecule has 0 saturated carbocycles. The zero-order valence-corrected chi connectivity index (χ0v) is 12.4. The molecule has 1 aliphatic rings. The number of nitrogens with one attached hydrogen (secondary N) is 2. The van der Waals surface area contributed by atoms with Crippen molar-refractivity contribution in [2.75, 3.05) is 11.9 Å². The Bertz CT molecular complexity index is 559. The van der Waals surface area contributed by atoms with Gasteiger partial charge in [-0.15, -0.1) is 0 Å². The number of amides is 2. The van der Waals surface area contributed by atoms with Crippen LogP contribution in [0.1, 0.15) is 20.8 Å². The van der Waals surface area contributed by atoms with E-state index in [1.165, 1.54) is 6.92 Å². The van der Waals surface area contributed by atoms with Crippen LogP contribution in [-0.4, -0.2) is 24.0 Å². The van der Waals surface area contributed by atoms with Crippen LogP contribution in [0.2, 0.25) is 5.02 Å². The summed E-state index contributed by atoms with van der Waals surface area (Å²) in [6, 6.07) is 4.86. The van der Waals surface area contributed by atoms with Crippen LogP contribution in [0.15, 0.2) is 18.2 Å². The first kappa shape index (κ1) is 14.7. The van der Waals surface area contributed by atoms with E-state index >= 15 is 0 Å². The van der Waals surface area contributed by atoms with Crippen molar-refractivity contribution in [2.45, 2.75) is 26.4 Å². The van der Waals surface area contributed by atoms with Crippen molar-refractivity contribution >= 4 is 29.1 Å². The molecule has 0 spiro atoms. The van der Waals surface area contributed by atoms with Crippen molar-refractivity contribution in [1.82, 2.24) is 5.32 Å². The second-order valence-electron chi connectivity index (χ2n) is 5.33. The van der Waals surface area contributed by atoms with Gasteiger partial charge in [0.15, 0.2) is 0 Å². The number of rotatable bonds is 3. The summed E-state index contributed by atoms with van der Waals surface area (Å²) < 4.78 is 5.60. The van der Waals surface area contributed by atoms with Gasteiger partial charge in [-0.05, 0) is 31.0 Å². The highest BCUT2D eigenvalue weighted by atomic mass is 35.5. The number of hydrogen-bond acceptors (Lipinski definition) is 3. The van der Waals surface area contributed by atoms with Crippen molar-refractivity contribution in [1.29, 1.82) is 0 Å². The molecule has 0 saturated heterocycles. The Kier molecular flexibility index (Phi) is 3.90.